The van der Waals surface area contributed by atoms with Crippen LogP contribution in [0, 0.1) is 6.92 Å². The zero-order valence-corrected chi connectivity index (χ0v) is 9.92. The quantitative estimate of drug-likeness (QED) is 0.626. The van der Waals surface area contributed by atoms with Crippen molar-refractivity contribution in [3.63, 3.8) is 0 Å². The molecule has 1 heterocycles. The van der Waals surface area contributed by atoms with Crippen LogP contribution in [-0.2, 0) is 13.0 Å². The van der Waals surface area contributed by atoms with E-state index in [2.05, 4.69) is 37.1 Å². The van der Waals surface area contributed by atoms with Gasteiger partial charge in [-0.1, -0.05) is 30.2 Å². The molecule has 0 atom stereocenters. The summed E-state index contributed by atoms with van der Waals surface area (Å²) >= 11 is 0. The van der Waals surface area contributed by atoms with Crippen molar-refractivity contribution in [2.24, 2.45) is 0 Å². The summed E-state index contributed by atoms with van der Waals surface area (Å²) in [7, 11) is 2.23. The average Bonchev–Trinajstić information content (AvgIpc) is 2.27. The molecule has 0 N–H and O–H groups in total. The van der Waals surface area contributed by atoms with Gasteiger partial charge >= 0.3 is 0 Å². The molecular formula is C14H21N. The van der Waals surface area contributed by atoms with Crippen LogP contribution in [0.2, 0.25) is 0 Å². The Morgan fingerprint density at radius 3 is 2.80 bits per heavy atom. The van der Waals surface area contributed by atoms with Crippen molar-refractivity contribution in [3.05, 3.63) is 34.9 Å². The SMILES string of the molecule is Cc1ccc2c(c1)CN(C)CCCCC2. The number of rotatable bonds is 0. The number of nitrogens with zero attached hydrogens (tertiary/aromatic N) is 1. The molecule has 2 rings (SSSR count). The molecule has 0 unspecified atom stereocenters. The van der Waals surface area contributed by atoms with Crippen molar-refractivity contribution in [2.75, 3.05) is 13.6 Å². The largest absolute Gasteiger partial charge is 0.302 e. The highest BCUT2D eigenvalue weighted by Gasteiger charge is 2.08. The van der Waals surface area contributed by atoms with Crippen molar-refractivity contribution in [2.45, 2.75) is 39.2 Å². The van der Waals surface area contributed by atoms with Gasteiger partial charge in [0.1, 0.15) is 0 Å². The van der Waals surface area contributed by atoms with Gasteiger partial charge in [-0.25, -0.2) is 0 Å². The van der Waals surface area contributed by atoms with E-state index in [1.807, 2.05) is 0 Å². The summed E-state index contributed by atoms with van der Waals surface area (Å²) in [6.07, 6.45) is 5.34. The van der Waals surface area contributed by atoms with Crippen LogP contribution in [0.5, 0.6) is 0 Å². The van der Waals surface area contributed by atoms with Gasteiger partial charge in [-0.3, -0.25) is 0 Å². The Morgan fingerprint density at radius 2 is 1.93 bits per heavy atom. The molecule has 0 saturated heterocycles. The van der Waals surface area contributed by atoms with Gasteiger partial charge in [0.15, 0.2) is 0 Å². The third-order valence-electron chi connectivity index (χ3n) is 3.29. The fourth-order valence-corrected chi connectivity index (χ4v) is 2.39. The Morgan fingerprint density at radius 1 is 1.07 bits per heavy atom. The lowest BCUT2D eigenvalue weighted by atomic mass is 10.00. The molecule has 0 saturated carbocycles. The van der Waals surface area contributed by atoms with Gasteiger partial charge < -0.3 is 4.90 Å². The summed E-state index contributed by atoms with van der Waals surface area (Å²) < 4.78 is 0. The van der Waals surface area contributed by atoms with Gasteiger partial charge in [0.05, 0.1) is 0 Å². The minimum Gasteiger partial charge on any atom is -0.302 e. The second-order valence-corrected chi connectivity index (χ2v) is 4.82. The van der Waals surface area contributed by atoms with Gasteiger partial charge in [-0.15, -0.1) is 0 Å². The van der Waals surface area contributed by atoms with Crippen LogP contribution in [0.1, 0.15) is 36.0 Å². The Kier molecular flexibility index (Phi) is 3.42. The van der Waals surface area contributed by atoms with E-state index in [1.54, 1.807) is 11.1 Å². The third-order valence-corrected chi connectivity index (χ3v) is 3.29. The first kappa shape index (κ1) is 10.7. The van der Waals surface area contributed by atoms with Crippen LogP contribution in [0.15, 0.2) is 18.2 Å². The summed E-state index contributed by atoms with van der Waals surface area (Å²) in [5.74, 6) is 0. The Hall–Kier alpha value is -0.820. The standard InChI is InChI=1S/C14H21N/c1-12-7-8-13-6-4-3-5-9-15(2)11-14(13)10-12/h7-8,10H,3-6,9,11H2,1-2H3. The first-order valence-corrected chi connectivity index (χ1v) is 6.02. The van der Waals surface area contributed by atoms with Gasteiger partial charge in [0.2, 0.25) is 0 Å². The fourth-order valence-electron chi connectivity index (χ4n) is 2.39. The summed E-state index contributed by atoms with van der Waals surface area (Å²) in [6, 6.07) is 6.93. The molecule has 1 aliphatic heterocycles. The lowest BCUT2D eigenvalue weighted by Gasteiger charge is -2.17. The highest BCUT2D eigenvalue weighted by molar-refractivity contribution is 5.31. The highest BCUT2D eigenvalue weighted by Crippen LogP contribution is 2.18. The van der Waals surface area contributed by atoms with Crippen LogP contribution in [0.25, 0.3) is 0 Å². The normalized spacial score (nSPS) is 18.8. The van der Waals surface area contributed by atoms with Gasteiger partial charge in [0.25, 0.3) is 0 Å². The van der Waals surface area contributed by atoms with Crippen molar-refractivity contribution in [1.82, 2.24) is 4.90 Å². The van der Waals surface area contributed by atoms with E-state index in [-0.39, 0.29) is 0 Å². The summed E-state index contributed by atoms with van der Waals surface area (Å²) in [4.78, 5) is 2.45. The number of fused-ring (bicyclic) bond motifs is 1. The fraction of sp³-hybridized carbons (Fsp3) is 0.571. The molecule has 0 bridgehead atoms. The lowest BCUT2D eigenvalue weighted by molar-refractivity contribution is 0.320. The molecule has 0 aromatic heterocycles. The Bertz CT molecular complexity index is 330. The van der Waals surface area contributed by atoms with Crippen molar-refractivity contribution in [3.8, 4) is 0 Å². The molecule has 15 heavy (non-hydrogen) atoms. The topological polar surface area (TPSA) is 3.24 Å². The maximum absolute atomic E-state index is 2.45. The summed E-state index contributed by atoms with van der Waals surface area (Å²) in [6.45, 7) is 4.55. The summed E-state index contributed by atoms with van der Waals surface area (Å²) in [5, 5.41) is 0. The van der Waals surface area contributed by atoms with E-state index in [0.29, 0.717) is 0 Å². The van der Waals surface area contributed by atoms with Crippen molar-refractivity contribution in [1.29, 1.82) is 0 Å². The van der Waals surface area contributed by atoms with Gasteiger partial charge in [-0.05, 0) is 50.9 Å². The molecule has 0 aliphatic carbocycles. The number of hydrogen-bond acceptors (Lipinski definition) is 1. The predicted octanol–water partition coefficient (Wildman–Crippen LogP) is 3.15. The number of aryl methyl sites for hydroxylation is 2. The molecule has 1 nitrogen and oxygen atoms in total. The molecule has 0 fully saturated rings. The van der Waals surface area contributed by atoms with Crippen molar-refractivity contribution < 1.29 is 0 Å². The molecule has 0 amide bonds. The second-order valence-electron chi connectivity index (χ2n) is 4.82. The van der Waals surface area contributed by atoms with Crippen LogP contribution < -0.4 is 0 Å². The molecule has 1 aliphatic rings. The number of hydrogen-bond donors (Lipinski definition) is 0. The highest BCUT2D eigenvalue weighted by atomic mass is 15.1. The first-order chi connectivity index (χ1) is 7.25. The second kappa shape index (κ2) is 4.80. The average molecular weight is 203 g/mol. The molecule has 82 valence electrons. The molecule has 0 radical (unpaired) electrons. The monoisotopic (exact) mass is 203 g/mol. The molecule has 0 spiro atoms. The zero-order valence-electron chi connectivity index (χ0n) is 9.92. The van der Waals surface area contributed by atoms with E-state index >= 15 is 0 Å². The molecular weight excluding hydrogens is 182 g/mol. The smallest absolute Gasteiger partial charge is 0.0233 e. The zero-order chi connectivity index (χ0) is 10.7. The van der Waals surface area contributed by atoms with E-state index in [9.17, 15) is 0 Å². The first-order valence-electron chi connectivity index (χ1n) is 6.02. The minimum absolute atomic E-state index is 1.12. The molecule has 1 aromatic carbocycles. The Balaban J connectivity index is 2.26. The van der Waals surface area contributed by atoms with E-state index in [0.717, 1.165) is 6.54 Å². The maximum Gasteiger partial charge on any atom is 0.0233 e. The predicted molar refractivity (Wildman–Crippen MR) is 65.1 cm³/mol. The van der Waals surface area contributed by atoms with E-state index < -0.39 is 0 Å². The molecule has 1 heteroatoms. The Labute approximate surface area is 93.1 Å². The van der Waals surface area contributed by atoms with Crippen molar-refractivity contribution >= 4 is 0 Å². The van der Waals surface area contributed by atoms with E-state index in [4.69, 9.17) is 0 Å². The minimum atomic E-state index is 1.12. The van der Waals surface area contributed by atoms with Crippen LogP contribution in [-0.4, -0.2) is 18.5 Å². The van der Waals surface area contributed by atoms with E-state index in [1.165, 1.54) is 37.8 Å². The van der Waals surface area contributed by atoms with Gasteiger partial charge in [0, 0.05) is 6.54 Å². The number of benzene rings is 1. The van der Waals surface area contributed by atoms with Crippen LogP contribution in [0.4, 0.5) is 0 Å². The lowest BCUT2D eigenvalue weighted by Crippen LogP contribution is -2.19. The summed E-state index contributed by atoms with van der Waals surface area (Å²) in [5.41, 5.74) is 4.50. The van der Waals surface area contributed by atoms with Crippen LogP contribution in [0.3, 0.4) is 0 Å². The maximum atomic E-state index is 2.45. The van der Waals surface area contributed by atoms with Crippen LogP contribution >= 0.6 is 0 Å². The third kappa shape index (κ3) is 2.82. The van der Waals surface area contributed by atoms with Gasteiger partial charge in [-0.2, -0.15) is 0 Å². The molecule has 1 aromatic rings.